The van der Waals surface area contributed by atoms with Gasteiger partial charge >= 0.3 is 5.69 Å². The maximum atomic E-state index is 13.1. The van der Waals surface area contributed by atoms with Crippen molar-refractivity contribution in [3.05, 3.63) is 73.6 Å². The highest BCUT2D eigenvalue weighted by molar-refractivity contribution is 6.32. The molecule has 2 aliphatic heterocycles. The van der Waals surface area contributed by atoms with E-state index in [-0.39, 0.29) is 30.5 Å². The molecule has 0 fully saturated rings. The number of nitrogens with zero attached hydrogens (tertiary/aromatic N) is 3. The van der Waals surface area contributed by atoms with Gasteiger partial charge in [0.15, 0.2) is 11.5 Å². The van der Waals surface area contributed by atoms with E-state index >= 15 is 0 Å². The van der Waals surface area contributed by atoms with Crippen LogP contribution in [0.5, 0.6) is 5.75 Å². The third-order valence-electron chi connectivity index (χ3n) is 4.56. The number of rotatable bonds is 5. The van der Waals surface area contributed by atoms with Crippen molar-refractivity contribution in [2.45, 2.75) is 19.9 Å². The molecule has 1 N–H and O–H groups in total. The summed E-state index contributed by atoms with van der Waals surface area (Å²) in [5, 5.41) is 0.547. The molecular formula is C20H16ClFN4O3. The van der Waals surface area contributed by atoms with E-state index in [1.54, 1.807) is 10.6 Å². The van der Waals surface area contributed by atoms with Crippen molar-refractivity contribution < 1.29 is 9.13 Å². The molecule has 0 spiro atoms. The summed E-state index contributed by atoms with van der Waals surface area (Å²) < 4.78 is 20.4. The van der Waals surface area contributed by atoms with Gasteiger partial charge in [-0.05, 0) is 48.4 Å². The second-order valence-electron chi connectivity index (χ2n) is 6.40. The Bertz CT molecular complexity index is 1280. The van der Waals surface area contributed by atoms with Crippen molar-refractivity contribution in [2.75, 3.05) is 6.61 Å². The van der Waals surface area contributed by atoms with Crippen LogP contribution in [-0.4, -0.2) is 26.1 Å². The molecule has 2 heterocycles. The zero-order valence-electron chi connectivity index (χ0n) is 15.4. The first-order valence-corrected chi connectivity index (χ1v) is 9.35. The van der Waals surface area contributed by atoms with Crippen LogP contribution in [0.2, 0.25) is 5.02 Å². The summed E-state index contributed by atoms with van der Waals surface area (Å²) in [6.07, 6.45) is 0.703. The molecular weight excluding hydrogens is 399 g/mol. The van der Waals surface area contributed by atoms with Gasteiger partial charge in [0, 0.05) is 5.02 Å². The van der Waals surface area contributed by atoms with Crippen LogP contribution in [0.15, 0.2) is 46.0 Å². The zero-order chi connectivity index (χ0) is 20.5. The lowest BCUT2D eigenvalue weighted by atomic mass is 10.1. The Hall–Kier alpha value is -3.26. The van der Waals surface area contributed by atoms with Crippen LogP contribution in [0, 0.1) is 5.82 Å². The predicted octanol–water partition coefficient (Wildman–Crippen LogP) is 3.02. The Balaban J connectivity index is 1.82. The summed E-state index contributed by atoms with van der Waals surface area (Å²) in [5.74, 6) is 0.314. The van der Waals surface area contributed by atoms with E-state index in [1.165, 1.54) is 24.3 Å². The fraction of sp³-hybridized carbons (Fsp3) is 0.200. The molecule has 0 radical (unpaired) electrons. The molecule has 4 rings (SSSR count). The number of hydrogen-bond acceptors (Lipinski definition) is 5. The lowest BCUT2D eigenvalue weighted by Crippen LogP contribution is -2.29. The minimum Gasteiger partial charge on any atom is -0.492 e. The molecule has 2 aromatic carbocycles. The van der Waals surface area contributed by atoms with E-state index in [4.69, 9.17) is 16.3 Å². The smallest absolute Gasteiger partial charge is 0.349 e. The monoisotopic (exact) mass is 414 g/mol. The Morgan fingerprint density at radius 2 is 1.93 bits per heavy atom. The van der Waals surface area contributed by atoms with Crippen molar-refractivity contribution in [3.8, 4) is 17.3 Å². The average molecular weight is 415 g/mol. The number of benzene rings is 2. The summed E-state index contributed by atoms with van der Waals surface area (Å²) in [6.45, 7) is 2.47. The first-order chi connectivity index (χ1) is 14.0. The van der Waals surface area contributed by atoms with Gasteiger partial charge < -0.3 is 9.30 Å². The molecule has 0 aromatic heterocycles. The molecule has 148 valence electrons. The molecule has 0 bridgehead atoms. The molecule has 9 heteroatoms. The number of hydrogen-bond donors (Lipinski definition) is 1. The third kappa shape index (κ3) is 3.71. The number of fused-ring (bicyclic) bond motifs is 2. The van der Waals surface area contributed by atoms with Gasteiger partial charge in [0.1, 0.15) is 18.2 Å². The number of nitrogens with one attached hydrogen (secondary N) is 1. The van der Waals surface area contributed by atoms with E-state index in [1.807, 2.05) is 13.0 Å². The van der Waals surface area contributed by atoms with Gasteiger partial charge in [-0.25, -0.2) is 14.2 Å². The van der Waals surface area contributed by atoms with Crippen LogP contribution in [0.1, 0.15) is 12.5 Å². The van der Waals surface area contributed by atoms with Crippen LogP contribution in [0.4, 0.5) is 4.39 Å². The largest absolute Gasteiger partial charge is 0.492 e. The number of aromatic nitrogens is 4. The lowest BCUT2D eigenvalue weighted by Gasteiger charge is -2.18. The van der Waals surface area contributed by atoms with Gasteiger partial charge in [0.25, 0.3) is 5.56 Å². The van der Waals surface area contributed by atoms with Crippen LogP contribution >= 0.6 is 11.6 Å². The van der Waals surface area contributed by atoms with E-state index in [0.29, 0.717) is 28.2 Å². The Kier molecular flexibility index (Phi) is 5.02. The molecule has 2 aliphatic rings. The van der Waals surface area contributed by atoms with Crippen LogP contribution < -0.4 is 16.0 Å². The van der Waals surface area contributed by atoms with Crippen molar-refractivity contribution in [1.29, 1.82) is 0 Å². The molecule has 0 saturated carbocycles. The minimum atomic E-state index is -0.749. The van der Waals surface area contributed by atoms with Crippen LogP contribution in [-0.2, 0) is 13.0 Å². The summed E-state index contributed by atoms with van der Waals surface area (Å²) in [6, 6.07) is 9.22. The third-order valence-corrected chi connectivity index (χ3v) is 4.91. The van der Waals surface area contributed by atoms with Gasteiger partial charge in [-0.1, -0.05) is 18.5 Å². The highest BCUT2D eigenvalue weighted by atomic mass is 35.5. The molecule has 0 amide bonds. The fourth-order valence-electron chi connectivity index (χ4n) is 3.14. The Morgan fingerprint density at radius 1 is 1.17 bits per heavy atom. The van der Waals surface area contributed by atoms with E-state index < -0.39 is 11.2 Å². The highest BCUT2D eigenvalue weighted by Gasteiger charge is 2.19. The summed E-state index contributed by atoms with van der Waals surface area (Å²) >= 11 is 6.31. The standard InChI is InChI=1S/C20H16ClFN4O3/c1-2-11-9-16-15(10-14(11)21)23-17-18(24-20(28)25-19(17)27)26(16)7-8-29-13-5-3-12(22)4-6-13/h3-6,9-10H,2,7-8H2,1H3,(H,25,27,28). The second-order valence-corrected chi connectivity index (χ2v) is 6.80. The van der Waals surface area contributed by atoms with E-state index in [2.05, 4.69) is 15.0 Å². The average Bonchev–Trinajstić information content (AvgIpc) is 2.69. The van der Waals surface area contributed by atoms with Crippen molar-refractivity contribution >= 4 is 22.6 Å². The van der Waals surface area contributed by atoms with Gasteiger partial charge in [-0.2, -0.15) is 4.98 Å². The molecule has 0 aliphatic carbocycles. The number of halogens is 2. The van der Waals surface area contributed by atoms with E-state index in [9.17, 15) is 14.0 Å². The van der Waals surface area contributed by atoms with Gasteiger partial charge in [0.05, 0.1) is 17.6 Å². The van der Waals surface area contributed by atoms with Gasteiger partial charge in [-0.3, -0.25) is 9.78 Å². The quantitative estimate of drug-likeness (QED) is 0.507. The second kappa shape index (κ2) is 7.63. The minimum absolute atomic E-state index is 0.0409. The normalized spacial score (nSPS) is 11.3. The fourth-order valence-corrected chi connectivity index (χ4v) is 3.43. The Morgan fingerprint density at radius 3 is 2.66 bits per heavy atom. The highest BCUT2D eigenvalue weighted by Crippen LogP contribution is 2.27. The van der Waals surface area contributed by atoms with Crippen LogP contribution in [0.25, 0.3) is 22.6 Å². The van der Waals surface area contributed by atoms with Gasteiger partial charge in [0.2, 0.25) is 0 Å². The predicted molar refractivity (Wildman–Crippen MR) is 107 cm³/mol. The molecule has 0 atom stereocenters. The summed E-state index contributed by atoms with van der Waals surface area (Å²) in [4.78, 5) is 34.5. The zero-order valence-corrected chi connectivity index (χ0v) is 16.2. The maximum absolute atomic E-state index is 13.1. The van der Waals surface area contributed by atoms with Crippen molar-refractivity contribution in [1.82, 2.24) is 19.5 Å². The van der Waals surface area contributed by atoms with Crippen molar-refractivity contribution in [2.24, 2.45) is 0 Å². The number of aryl methyl sites for hydroxylation is 1. The summed E-state index contributed by atoms with van der Waals surface area (Å²) in [7, 11) is 0. The maximum Gasteiger partial charge on any atom is 0.349 e. The topological polar surface area (TPSA) is 89.9 Å². The molecule has 0 saturated heterocycles. The first kappa shape index (κ1) is 19.1. The first-order valence-electron chi connectivity index (χ1n) is 8.97. The molecule has 0 unspecified atom stereocenters. The lowest BCUT2D eigenvalue weighted by molar-refractivity contribution is 0.299. The number of H-pyrrole nitrogens is 1. The molecule has 2 aromatic rings. The molecule has 7 nitrogen and oxygen atoms in total. The van der Waals surface area contributed by atoms with Crippen molar-refractivity contribution in [3.63, 3.8) is 0 Å². The van der Waals surface area contributed by atoms with Crippen LogP contribution in [0.3, 0.4) is 0 Å². The number of aromatic amines is 1. The molecule has 29 heavy (non-hydrogen) atoms. The number of ether oxygens (including phenoxy) is 1. The van der Waals surface area contributed by atoms with Gasteiger partial charge in [-0.15, -0.1) is 0 Å². The SMILES string of the molecule is CCc1cc2c(cc1Cl)nc1c(=O)[nH]c(=O)nc-1n2CCOc1ccc(F)cc1. The summed E-state index contributed by atoms with van der Waals surface area (Å²) in [5.41, 5.74) is 0.763. The Labute approximate surface area is 169 Å². The van der Waals surface area contributed by atoms with E-state index in [0.717, 1.165) is 5.56 Å².